The zero-order valence-electron chi connectivity index (χ0n) is 12.2. The van der Waals surface area contributed by atoms with Crippen molar-refractivity contribution in [2.24, 2.45) is 5.92 Å². The number of rotatable bonds is 9. The van der Waals surface area contributed by atoms with Crippen molar-refractivity contribution in [2.45, 2.75) is 33.6 Å². The number of benzene rings is 1. The second kappa shape index (κ2) is 8.98. The highest BCUT2D eigenvalue weighted by Gasteiger charge is 2.09. The van der Waals surface area contributed by atoms with Gasteiger partial charge in [-0.05, 0) is 24.6 Å². The summed E-state index contributed by atoms with van der Waals surface area (Å²) in [5, 5.41) is 3.48. The van der Waals surface area contributed by atoms with Crippen molar-refractivity contribution in [3.05, 3.63) is 30.3 Å². The van der Waals surface area contributed by atoms with Crippen molar-refractivity contribution in [3.8, 4) is 0 Å². The molecule has 1 aromatic rings. The molecule has 0 aliphatic heterocycles. The maximum Gasteiger partial charge on any atom is 0.0340 e. The molecule has 0 spiro atoms. The fourth-order valence-electron chi connectivity index (χ4n) is 2.20. The van der Waals surface area contributed by atoms with Gasteiger partial charge in [0.2, 0.25) is 0 Å². The number of nitrogens with one attached hydrogen (secondary N) is 1. The first-order valence-electron chi connectivity index (χ1n) is 7.31. The Bertz CT molecular complexity index is 293. The number of hydrogen-bond acceptors (Lipinski definition) is 2. The molecule has 0 aliphatic carbocycles. The van der Waals surface area contributed by atoms with Crippen molar-refractivity contribution < 1.29 is 0 Å². The van der Waals surface area contributed by atoms with E-state index in [1.54, 1.807) is 0 Å². The summed E-state index contributed by atoms with van der Waals surface area (Å²) in [4.78, 5) is 2.55. The maximum atomic E-state index is 3.48. The lowest BCUT2D eigenvalue weighted by Gasteiger charge is -2.25. The van der Waals surface area contributed by atoms with Crippen LogP contribution in [0.1, 0.15) is 33.6 Å². The molecule has 0 atom stereocenters. The molecule has 0 unspecified atom stereocenters. The van der Waals surface area contributed by atoms with E-state index in [1.165, 1.54) is 25.1 Å². The third kappa shape index (κ3) is 5.54. The minimum Gasteiger partial charge on any atom is -0.384 e. The van der Waals surface area contributed by atoms with Gasteiger partial charge in [0.05, 0.1) is 0 Å². The minimum atomic E-state index is 0.849. The monoisotopic (exact) mass is 248 g/mol. The van der Waals surface area contributed by atoms with Gasteiger partial charge >= 0.3 is 0 Å². The fraction of sp³-hybridized carbons (Fsp3) is 0.625. The summed E-state index contributed by atoms with van der Waals surface area (Å²) < 4.78 is 0. The SMILES string of the molecule is CCC(CC)CN(CC)CCNc1ccccc1. The highest BCUT2D eigenvalue weighted by Crippen LogP contribution is 2.10. The average Bonchev–Trinajstić information content (AvgIpc) is 2.44. The third-order valence-corrected chi connectivity index (χ3v) is 3.65. The van der Waals surface area contributed by atoms with E-state index in [4.69, 9.17) is 0 Å². The molecule has 1 rings (SSSR count). The van der Waals surface area contributed by atoms with Crippen LogP contribution in [0, 0.1) is 5.92 Å². The highest BCUT2D eigenvalue weighted by molar-refractivity contribution is 5.42. The van der Waals surface area contributed by atoms with Crippen molar-refractivity contribution in [1.29, 1.82) is 0 Å². The van der Waals surface area contributed by atoms with Gasteiger partial charge in [0.1, 0.15) is 0 Å². The van der Waals surface area contributed by atoms with Crippen LogP contribution in [-0.2, 0) is 0 Å². The average molecular weight is 248 g/mol. The summed E-state index contributed by atoms with van der Waals surface area (Å²) in [5.41, 5.74) is 1.22. The van der Waals surface area contributed by atoms with Gasteiger partial charge < -0.3 is 10.2 Å². The summed E-state index contributed by atoms with van der Waals surface area (Å²) in [6.45, 7) is 11.4. The fourth-order valence-corrected chi connectivity index (χ4v) is 2.20. The second-order valence-corrected chi connectivity index (χ2v) is 4.87. The molecule has 0 saturated carbocycles. The quantitative estimate of drug-likeness (QED) is 0.714. The van der Waals surface area contributed by atoms with E-state index in [2.05, 4.69) is 61.3 Å². The van der Waals surface area contributed by atoms with Crippen molar-refractivity contribution in [3.63, 3.8) is 0 Å². The Morgan fingerprint density at radius 3 is 2.28 bits per heavy atom. The molecule has 0 heterocycles. The van der Waals surface area contributed by atoms with E-state index in [1.807, 2.05) is 0 Å². The topological polar surface area (TPSA) is 15.3 Å². The largest absolute Gasteiger partial charge is 0.384 e. The molecule has 0 amide bonds. The van der Waals surface area contributed by atoms with E-state index in [-0.39, 0.29) is 0 Å². The van der Waals surface area contributed by atoms with Crippen LogP contribution in [-0.4, -0.2) is 31.1 Å². The molecular weight excluding hydrogens is 220 g/mol. The first-order chi connectivity index (χ1) is 8.80. The Morgan fingerprint density at radius 1 is 1.06 bits per heavy atom. The molecule has 0 radical (unpaired) electrons. The Morgan fingerprint density at radius 2 is 1.72 bits per heavy atom. The minimum absolute atomic E-state index is 0.849. The van der Waals surface area contributed by atoms with Crippen LogP contribution >= 0.6 is 0 Å². The van der Waals surface area contributed by atoms with Gasteiger partial charge in [0, 0.05) is 25.3 Å². The maximum absolute atomic E-state index is 3.48. The second-order valence-electron chi connectivity index (χ2n) is 4.87. The van der Waals surface area contributed by atoms with Gasteiger partial charge in [-0.3, -0.25) is 0 Å². The summed E-state index contributed by atoms with van der Waals surface area (Å²) in [6, 6.07) is 10.4. The van der Waals surface area contributed by atoms with Crippen molar-refractivity contribution in [2.75, 3.05) is 31.5 Å². The van der Waals surface area contributed by atoms with E-state index in [0.29, 0.717) is 0 Å². The normalized spacial score (nSPS) is 11.2. The first kappa shape index (κ1) is 15.0. The standard InChI is InChI=1S/C16H28N2/c1-4-15(5-2)14-18(6-3)13-12-17-16-10-8-7-9-11-16/h7-11,15,17H,4-6,12-14H2,1-3H3. The van der Waals surface area contributed by atoms with Crippen LogP contribution in [0.3, 0.4) is 0 Å². The lowest BCUT2D eigenvalue weighted by molar-refractivity contribution is 0.241. The van der Waals surface area contributed by atoms with Crippen molar-refractivity contribution in [1.82, 2.24) is 4.90 Å². The molecule has 0 fully saturated rings. The molecule has 0 saturated heterocycles. The molecule has 0 aliphatic rings. The smallest absolute Gasteiger partial charge is 0.0340 e. The summed E-state index contributed by atoms with van der Waals surface area (Å²) in [5.74, 6) is 0.849. The van der Waals surface area contributed by atoms with Gasteiger partial charge in [-0.15, -0.1) is 0 Å². The molecule has 1 aromatic carbocycles. The van der Waals surface area contributed by atoms with Gasteiger partial charge in [-0.1, -0.05) is 51.8 Å². The number of nitrogens with zero attached hydrogens (tertiary/aromatic N) is 1. The zero-order chi connectivity index (χ0) is 13.2. The number of para-hydroxylation sites is 1. The third-order valence-electron chi connectivity index (χ3n) is 3.65. The number of likely N-dealkylation sites (N-methyl/N-ethyl adjacent to an activating group) is 1. The first-order valence-corrected chi connectivity index (χ1v) is 7.31. The predicted octanol–water partition coefficient (Wildman–Crippen LogP) is 3.86. The van der Waals surface area contributed by atoms with E-state index >= 15 is 0 Å². The van der Waals surface area contributed by atoms with Crippen LogP contribution < -0.4 is 5.32 Å². The van der Waals surface area contributed by atoms with E-state index in [0.717, 1.165) is 25.6 Å². The molecule has 0 bridgehead atoms. The molecular formula is C16H28N2. The Hall–Kier alpha value is -1.02. The number of hydrogen-bond donors (Lipinski definition) is 1. The van der Waals surface area contributed by atoms with Crippen LogP contribution in [0.4, 0.5) is 5.69 Å². The van der Waals surface area contributed by atoms with Crippen LogP contribution in [0.15, 0.2) is 30.3 Å². The molecule has 2 heteroatoms. The van der Waals surface area contributed by atoms with Crippen LogP contribution in [0.2, 0.25) is 0 Å². The van der Waals surface area contributed by atoms with Crippen molar-refractivity contribution >= 4 is 5.69 Å². The van der Waals surface area contributed by atoms with Crippen LogP contribution in [0.5, 0.6) is 0 Å². The number of anilines is 1. The summed E-state index contributed by atoms with van der Waals surface area (Å²) >= 11 is 0. The molecule has 1 N–H and O–H groups in total. The summed E-state index contributed by atoms with van der Waals surface area (Å²) in [6.07, 6.45) is 2.58. The molecule has 2 nitrogen and oxygen atoms in total. The molecule has 0 aromatic heterocycles. The molecule has 102 valence electrons. The van der Waals surface area contributed by atoms with Gasteiger partial charge in [-0.2, -0.15) is 0 Å². The molecule has 18 heavy (non-hydrogen) atoms. The van der Waals surface area contributed by atoms with Crippen LogP contribution in [0.25, 0.3) is 0 Å². The summed E-state index contributed by atoms with van der Waals surface area (Å²) in [7, 11) is 0. The van der Waals surface area contributed by atoms with Gasteiger partial charge in [0.25, 0.3) is 0 Å². The zero-order valence-corrected chi connectivity index (χ0v) is 12.2. The van der Waals surface area contributed by atoms with Gasteiger partial charge in [0.15, 0.2) is 0 Å². The lowest BCUT2D eigenvalue weighted by Crippen LogP contribution is -2.33. The van der Waals surface area contributed by atoms with E-state index in [9.17, 15) is 0 Å². The Balaban J connectivity index is 2.27. The predicted molar refractivity (Wildman–Crippen MR) is 81.1 cm³/mol. The van der Waals surface area contributed by atoms with Gasteiger partial charge in [-0.25, -0.2) is 0 Å². The Labute approximate surface area is 112 Å². The van der Waals surface area contributed by atoms with E-state index < -0.39 is 0 Å². The highest BCUT2D eigenvalue weighted by atomic mass is 15.1. The Kier molecular flexibility index (Phi) is 7.51. The lowest BCUT2D eigenvalue weighted by atomic mass is 10.0.